The zero-order valence-corrected chi connectivity index (χ0v) is 9.57. The maximum atomic E-state index is 3.50. The van der Waals surface area contributed by atoms with E-state index in [1.807, 2.05) is 0 Å². The molecule has 0 amide bonds. The van der Waals surface area contributed by atoms with Crippen molar-refractivity contribution in [2.45, 2.75) is 65.2 Å². The first kappa shape index (κ1) is 17.0. The molecule has 0 aliphatic rings. The monoisotopic (exact) mass is 193 g/mol. The number of rotatable bonds is 10. The van der Waals surface area contributed by atoms with E-state index >= 15 is 0 Å². The second-order valence-corrected chi connectivity index (χ2v) is 3.87. The van der Waals surface area contributed by atoms with Crippen molar-refractivity contribution in [2.24, 2.45) is 0 Å². The molecule has 0 fully saturated rings. The molecule has 0 aliphatic carbocycles. The van der Waals surface area contributed by atoms with Gasteiger partial charge in [-0.2, -0.15) is 0 Å². The molecule has 0 aromatic carbocycles. The van der Waals surface area contributed by atoms with Gasteiger partial charge in [0.2, 0.25) is 0 Å². The van der Waals surface area contributed by atoms with Crippen LogP contribution in [0.5, 0.6) is 0 Å². The normalized spacial score (nSPS) is 9.86. The van der Waals surface area contributed by atoms with Gasteiger partial charge in [-0.15, -0.1) is 0 Å². The summed E-state index contributed by atoms with van der Waals surface area (Å²) in [6, 6.07) is 0. The van der Waals surface area contributed by atoms with Crippen LogP contribution in [0.25, 0.3) is 0 Å². The van der Waals surface area contributed by atoms with Crippen LogP contribution >= 0.6 is 0 Å². The summed E-state index contributed by atoms with van der Waals surface area (Å²) in [5.74, 6) is 0. The van der Waals surface area contributed by atoms with Crippen LogP contribution in [0.4, 0.5) is 0 Å². The third-order valence-electron chi connectivity index (χ3n) is 2.41. The van der Waals surface area contributed by atoms with Gasteiger partial charge in [0.05, 0.1) is 0 Å². The summed E-state index contributed by atoms with van der Waals surface area (Å²) in [7, 11) is 0. The summed E-state index contributed by atoms with van der Waals surface area (Å²) in [5.41, 5.74) is 0. The Kier molecular flexibility index (Phi) is 19.4. The Labute approximate surface area is 103 Å². The molecule has 0 atom stereocenters. The fourth-order valence-corrected chi connectivity index (χ4v) is 1.48. The van der Waals surface area contributed by atoms with E-state index < -0.39 is 0 Å². The molecule has 0 saturated heterocycles. The third kappa shape index (κ3) is 15.0. The molecule has 2 heteroatoms. The molecular weight excluding hydrogens is 165 g/mol. The molecule has 0 aromatic heterocycles. The first-order valence-corrected chi connectivity index (χ1v) is 6.12. The van der Waals surface area contributed by atoms with Gasteiger partial charge < -0.3 is 5.32 Å². The third-order valence-corrected chi connectivity index (χ3v) is 2.41. The van der Waals surface area contributed by atoms with Gasteiger partial charge in [0, 0.05) is 0 Å². The molecule has 0 heterocycles. The molecule has 0 aliphatic heterocycles. The zero-order chi connectivity index (χ0) is 9.78. The van der Waals surface area contributed by atoms with E-state index in [1.54, 1.807) is 0 Å². The Morgan fingerprint density at radius 3 is 1.43 bits per heavy atom. The van der Waals surface area contributed by atoms with Gasteiger partial charge >= 0.3 is 18.9 Å². The maximum absolute atomic E-state index is 3.50. The summed E-state index contributed by atoms with van der Waals surface area (Å²) in [6.07, 6.45) is 11.0. The van der Waals surface area contributed by atoms with Crippen LogP contribution < -0.4 is 5.32 Å². The van der Waals surface area contributed by atoms with Gasteiger partial charge in [-0.3, -0.25) is 0 Å². The van der Waals surface area contributed by atoms with Gasteiger partial charge in [0.25, 0.3) is 0 Å². The van der Waals surface area contributed by atoms with Crippen LogP contribution in [0.15, 0.2) is 0 Å². The van der Waals surface area contributed by atoms with E-state index in [0.717, 1.165) is 0 Å². The molecule has 0 radical (unpaired) electrons. The van der Waals surface area contributed by atoms with Crippen LogP contribution in [0.3, 0.4) is 0 Å². The summed E-state index contributed by atoms with van der Waals surface area (Å²) in [5, 5.41) is 3.50. The van der Waals surface area contributed by atoms with Crippen molar-refractivity contribution >= 4 is 18.9 Å². The predicted octanol–water partition coefficient (Wildman–Crippen LogP) is 3.09. The topological polar surface area (TPSA) is 12.0 Å². The molecule has 14 heavy (non-hydrogen) atoms. The van der Waals surface area contributed by atoms with Gasteiger partial charge in [-0.25, -0.2) is 0 Å². The van der Waals surface area contributed by atoms with Crippen molar-refractivity contribution in [1.29, 1.82) is 0 Å². The van der Waals surface area contributed by atoms with E-state index in [-0.39, 0.29) is 18.9 Å². The van der Waals surface area contributed by atoms with Crippen molar-refractivity contribution in [3.8, 4) is 0 Å². The number of hydrogen-bond acceptors (Lipinski definition) is 1. The van der Waals surface area contributed by atoms with Crippen LogP contribution in [0.1, 0.15) is 65.2 Å². The average Bonchev–Trinajstić information content (AvgIpc) is 2.16. The van der Waals surface area contributed by atoms with Crippen molar-refractivity contribution < 1.29 is 0 Å². The van der Waals surface area contributed by atoms with Gasteiger partial charge in [-0.1, -0.05) is 52.4 Å². The van der Waals surface area contributed by atoms with E-state index in [2.05, 4.69) is 19.2 Å². The average molecular weight is 193 g/mol. The Morgan fingerprint density at radius 1 is 0.643 bits per heavy atom. The summed E-state index contributed by atoms with van der Waals surface area (Å²) < 4.78 is 0. The van der Waals surface area contributed by atoms with Crippen molar-refractivity contribution in [1.82, 2.24) is 5.32 Å². The molecule has 0 saturated carbocycles. The number of hydrogen-bond donors (Lipinski definition) is 1. The van der Waals surface area contributed by atoms with Gasteiger partial charge in [0.1, 0.15) is 0 Å². The van der Waals surface area contributed by atoms with Crippen LogP contribution in [-0.2, 0) is 0 Å². The fraction of sp³-hybridized carbons (Fsp3) is 1.00. The van der Waals surface area contributed by atoms with Gasteiger partial charge in [-0.05, 0) is 25.9 Å². The second-order valence-electron chi connectivity index (χ2n) is 3.87. The Hall–Kier alpha value is 0.557. The first-order valence-electron chi connectivity index (χ1n) is 6.12. The van der Waals surface area contributed by atoms with Crippen LogP contribution in [0, 0.1) is 0 Å². The quantitative estimate of drug-likeness (QED) is 0.415. The molecular formula is C12H28LiN. The summed E-state index contributed by atoms with van der Waals surface area (Å²) in [4.78, 5) is 0. The summed E-state index contributed by atoms with van der Waals surface area (Å²) in [6.45, 7) is 6.98. The Bertz CT molecular complexity index is 76.4. The van der Waals surface area contributed by atoms with E-state index in [1.165, 1.54) is 64.5 Å². The first-order chi connectivity index (χ1) is 6.41. The Morgan fingerprint density at radius 2 is 1.07 bits per heavy atom. The van der Waals surface area contributed by atoms with E-state index in [0.29, 0.717) is 0 Å². The predicted molar refractivity (Wildman–Crippen MR) is 68.3 cm³/mol. The molecule has 0 bridgehead atoms. The standard InChI is InChI=1S/C12H27N.Li.H/c1-3-5-7-9-11-13-12-10-8-6-4-2;;/h13H,3-12H2,1-2H3;;. The molecule has 82 valence electrons. The molecule has 1 N–H and O–H groups in total. The molecule has 0 aromatic rings. The molecule has 1 nitrogen and oxygen atoms in total. The van der Waals surface area contributed by atoms with Crippen molar-refractivity contribution in [2.75, 3.05) is 13.1 Å². The SMILES string of the molecule is CCCCCCNCCCCCC.[LiH]. The van der Waals surface area contributed by atoms with Crippen LogP contribution in [0.2, 0.25) is 0 Å². The Balaban J connectivity index is 0. The minimum atomic E-state index is 0. The van der Waals surface area contributed by atoms with Gasteiger partial charge in [0.15, 0.2) is 0 Å². The van der Waals surface area contributed by atoms with Crippen molar-refractivity contribution in [3.05, 3.63) is 0 Å². The molecule has 0 spiro atoms. The van der Waals surface area contributed by atoms with E-state index in [9.17, 15) is 0 Å². The van der Waals surface area contributed by atoms with Crippen LogP contribution in [-0.4, -0.2) is 32.0 Å². The molecule has 0 unspecified atom stereocenters. The zero-order valence-electron chi connectivity index (χ0n) is 9.57. The summed E-state index contributed by atoms with van der Waals surface area (Å²) >= 11 is 0. The molecule has 0 rings (SSSR count). The number of nitrogens with one attached hydrogen (secondary N) is 1. The van der Waals surface area contributed by atoms with E-state index in [4.69, 9.17) is 0 Å². The van der Waals surface area contributed by atoms with Crippen molar-refractivity contribution in [3.63, 3.8) is 0 Å². The minimum absolute atomic E-state index is 0. The second kappa shape index (κ2) is 16.0. The number of unbranched alkanes of at least 4 members (excludes halogenated alkanes) is 6. The fourth-order valence-electron chi connectivity index (χ4n) is 1.48.